The van der Waals surface area contributed by atoms with Crippen LogP contribution in [0.2, 0.25) is 0 Å². The zero-order valence-corrected chi connectivity index (χ0v) is 14.0. The summed E-state index contributed by atoms with van der Waals surface area (Å²) in [5, 5.41) is 19.9. The molecule has 1 heterocycles. The molecule has 23 heavy (non-hydrogen) atoms. The molecule has 0 unspecified atom stereocenters. The van der Waals surface area contributed by atoms with Crippen LogP contribution in [0.4, 0.5) is 5.00 Å². The summed E-state index contributed by atoms with van der Waals surface area (Å²) in [6.07, 6.45) is 4.86. The van der Waals surface area contributed by atoms with Gasteiger partial charge in [0.1, 0.15) is 11.1 Å². The second kappa shape index (κ2) is 6.43. The summed E-state index contributed by atoms with van der Waals surface area (Å²) in [4.78, 5) is 5.82. The first-order chi connectivity index (χ1) is 11.1. The van der Waals surface area contributed by atoms with E-state index in [0.717, 1.165) is 35.4 Å². The summed E-state index contributed by atoms with van der Waals surface area (Å²) in [6.45, 7) is 2.25. The van der Waals surface area contributed by atoms with Crippen LogP contribution in [0.15, 0.2) is 23.2 Å². The van der Waals surface area contributed by atoms with Crippen LogP contribution in [-0.4, -0.2) is 18.4 Å². The molecule has 0 saturated carbocycles. The van der Waals surface area contributed by atoms with Crippen molar-refractivity contribution in [1.82, 2.24) is 0 Å². The predicted molar refractivity (Wildman–Crippen MR) is 92.1 cm³/mol. The van der Waals surface area contributed by atoms with Crippen molar-refractivity contribution in [3.63, 3.8) is 0 Å². The number of nitriles is 1. The van der Waals surface area contributed by atoms with E-state index >= 15 is 0 Å². The van der Waals surface area contributed by atoms with Gasteiger partial charge in [-0.3, -0.25) is 0 Å². The lowest BCUT2D eigenvalue weighted by Crippen LogP contribution is -2.09. The Bertz CT molecular complexity index is 802. The first kappa shape index (κ1) is 15.6. The number of methoxy groups -OCH3 is 1. The Kier molecular flexibility index (Phi) is 4.35. The fourth-order valence-electron chi connectivity index (χ4n) is 2.85. The maximum absolute atomic E-state index is 9.63. The number of benzene rings is 1. The van der Waals surface area contributed by atoms with Crippen molar-refractivity contribution in [3.8, 4) is 17.6 Å². The van der Waals surface area contributed by atoms with E-state index in [1.54, 1.807) is 35.8 Å². The maximum atomic E-state index is 9.63. The highest BCUT2D eigenvalue weighted by Gasteiger charge is 2.23. The SMILES string of the molecule is COc1cc(C=Nc2sc3c(c2C#N)CC[C@H](C)C3)ccc1O. The molecule has 1 aliphatic rings. The van der Waals surface area contributed by atoms with Crippen molar-refractivity contribution in [2.24, 2.45) is 10.9 Å². The molecular formula is C18H18N2O2S. The number of rotatable bonds is 3. The van der Waals surface area contributed by atoms with Crippen LogP contribution in [0.25, 0.3) is 0 Å². The highest BCUT2D eigenvalue weighted by molar-refractivity contribution is 7.16. The zero-order valence-electron chi connectivity index (χ0n) is 13.2. The molecule has 2 aromatic rings. The van der Waals surface area contributed by atoms with Crippen molar-refractivity contribution in [3.05, 3.63) is 39.8 Å². The summed E-state index contributed by atoms with van der Waals surface area (Å²) >= 11 is 1.62. The molecule has 0 aliphatic heterocycles. The lowest BCUT2D eigenvalue weighted by atomic mass is 9.89. The van der Waals surface area contributed by atoms with Gasteiger partial charge in [0.15, 0.2) is 11.5 Å². The minimum atomic E-state index is 0.0999. The molecule has 1 aromatic carbocycles. The van der Waals surface area contributed by atoms with Gasteiger partial charge in [0, 0.05) is 11.1 Å². The van der Waals surface area contributed by atoms with E-state index in [-0.39, 0.29) is 5.75 Å². The third-order valence-electron chi connectivity index (χ3n) is 4.14. The number of aliphatic imine (C=N–C) groups is 1. The summed E-state index contributed by atoms with van der Waals surface area (Å²) < 4.78 is 5.10. The smallest absolute Gasteiger partial charge is 0.161 e. The first-order valence-corrected chi connectivity index (χ1v) is 8.39. The number of ether oxygens (including phenoxy) is 1. The Morgan fingerprint density at radius 3 is 3.04 bits per heavy atom. The quantitative estimate of drug-likeness (QED) is 0.859. The third kappa shape index (κ3) is 3.08. The number of phenolic OH excluding ortho intramolecular Hbond substituents is 1. The van der Waals surface area contributed by atoms with Crippen LogP contribution in [0, 0.1) is 17.2 Å². The Balaban J connectivity index is 1.93. The molecule has 1 aromatic heterocycles. The van der Waals surface area contributed by atoms with Crippen LogP contribution in [0.5, 0.6) is 11.5 Å². The topological polar surface area (TPSA) is 65.6 Å². The van der Waals surface area contributed by atoms with Crippen molar-refractivity contribution in [2.75, 3.05) is 7.11 Å². The fourth-order valence-corrected chi connectivity index (χ4v) is 4.16. The molecule has 0 amide bonds. The molecule has 4 nitrogen and oxygen atoms in total. The Morgan fingerprint density at radius 2 is 2.30 bits per heavy atom. The minimum Gasteiger partial charge on any atom is -0.504 e. The van der Waals surface area contributed by atoms with Crippen LogP contribution < -0.4 is 4.74 Å². The highest BCUT2D eigenvalue weighted by Crippen LogP contribution is 2.40. The normalized spacial score (nSPS) is 17.0. The molecule has 0 saturated heterocycles. The van der Waals surface area contributed by atoms with Crippen molar-refractivity contribution in [2.45, 2.75) is 26.2 Å². The number of nitrogens with zero attached hydrogens (tertiary/aromatic N) is 2. The predicted octanol–water partition coefficient (Wildman–Crippen LogP) is 4.21. The van der Waals surface area contributed by atoms with Crippen LogP contribution in [0.1, 0.15) is 34.9 Å². The van der Waals surface area contributed by atoms with Gasteiger partial charge in [-0.15, -0.1) is 11.3 Å². The number of aromatic hydroxyl groups is 1. The molecule has 0 spiro atoms. The average molecular weight is 326 g/mol. The molecule has 0 radical (unpaired) electrons. The van der Waals surface area contributed by atoms with Crippen molar-refractivity contribution in [1.29, 1.82) is 5.26 Å². The molecule has 0 bridgehead atoms. The van der Waals surface area contributed by atoms with Gasteiger partial charge in [0.2, 0.25) is 0 Å². The second-order valence-corrected chi connectivity index (χ2v) is 6.92. The zero-order chi connectivity index (χ0) is 16.4. The van der Waals surface area contributed by atoms with Gasteiger partial charge in [-0.1, -0.05) is 6.92 Å². The lowest BCUT2D eigenvalue weighted by Gasteiger charge is -2.17. The average Bonchev–Trinajstić information content (AvgIpc) is 2.90. The Labute approximate surface area is 139 Å². The van der Waals surface area contributed by atoms with Crippen LogP contribution >= 0.6 is 11.3 Å². The van der Waals surface area contributed by atoms with Gasteiger partial charge in [-0.05, 0) is 54.5 Å². The van der Waals surface area contributed by atoms with Gasteiger partial charge in [-0.25, -0.2) is 4.99 Å². The molecular weight excluding hydrogens is 308 g/mol. The molecule has 0 fully saturated rings. The minimum absolute atomic E-state index is 0.0999. The van der Waals surface area contributed by atoms with Crippen molar-refractivity contribution < 1.29 is 9.84 Å². The summed E-state index contributed by atoms with van der Waals surface area (Å²) in [6, 6.07) is 7.38. The number of fused-ring (bicyclic) bond motifs is 1. The van der Waals surface area contributed by atoms with E-state index < -0.39 is 0 Å². The Morgan fingerprint density at radius 1 is 1.48 bits per heavy atom. The lowest BCUT2D eigenvalue weighted by molar-refractivity contribution is 0.373. The molecule has 1 aliphatic carbocycles. The van der Waals surface area contributed by atoms with Gasteiger partial charge < -0.3 is 9.84 Å². The Hall–Kier alpha value is -2.32. The largest absolute Gasteiger partial charge is 0.504 e. The van der Waals surface area contributed by atoms with E-state index in [2.05, 4.69) is 18.0 Å². The van der Waals surface area contributed by atoms with Crippen LogP contribution in [0.3, 0.4) is 0 Å². The van der Waals surface area contributed by atoms with Crippen molar-refractivity contribution >= 4 is 22.6 Å². The molecule has 118 valence electrons. The molecule has 5 heteroatoms. The van der Waals surface area contributed by atoms with E-state index in [9.17, 15) is 10.4 Å². The summed E-state index contributed by atoms with van der Waals surface area (Å²) in [5.41, 5.74) is 2.73. The molecule has 1 N–H and O–H groups in total. The first-order valence-electron chi connectivity index (χ1n) is 7.58. The van der Waals surface area contributed by atoms with Gasteiger partial charge in [-0.2, -0.15) is 5.26 Å². The van der Waals surface area contributed by atoms with E-state index in [1.165, 1.54) is 17.6 Å². The summed E-state index contributed by atoms with van der Waals surface area (Å²) in [5.74, 6) is 1.18. The number of hydrogen-bond acceptors (Lipinski definition) is 5. The number of hydrogen-bond donors (Lipinski definition) is 1. The highest BCUT2D eigenvalue weighted by atomic mass is 32.1. The van der Waals surface area contributed by atoms with E-state index in [1.807, 2.05) is 0 Å². The maximum Gasteiger partial charge on any atom is 0.161 e. The van der Waals surface area contributed by atoms with E-state index in [4.69, 9.17) is 4.74 Å². The fraction of sp³-hybridized carbons (Fsp3) is 0.333. The van der Waals surface area contributed by atoms with Gasteiger partial charge in [0.05, 0.1) is 12.7 Å². The molecule has 1 atom stereocenters. The molecule has 3 rings (SSSR count). The monoisotopic (exact) mass is 326 g/mol. The number of thiophene rings is 1. The van der Waals surface area contributed by atoms with Gasteiger partial charge >= 0.3 is 0 Å². The standard InChI is InChI=1S/C18H18N2O2S/c1-11-3-5-13-14(9-19)18(23-17(13)7-11)20-10-12-4-6-15(21)16(8-12)22-2/h4,6,8,10-11,21H,3,5,7H2,1-2H3/t11-/m0/s1. The second-order valence-electron chi connectivity index (χ2n) is 5.83. The number of phenols is 1. The third-order valence-corrected chi connectivity index (χ3v) is 5.30. The van der Waals surface area contributed by atoms with Crippen LogP contribution in [-0.2, 0) is 12.8 Å². The summed E-state index contributed by atoms with van der Waals surface area (Å²) in [7, 11) is 1.51. The van der Waals surface area contributed by atoms with Gasteiger partial charge in [0.25, 0.3) is 0 Å². The van der Waals surface area contributed by atoms with E-state index in [0.29, 0.717) is 11.7 Å².